The number of anilines is 1. The van der Waals surface area contributed by atoms with E-state index in [0.717, 1.165) is 10.5 Å². The lowest BCUT2D eigenvalue weighted by atomic mass is 10.5. The first kappa shape index (κ1) is 9.97. The van der Waals surface area contributed by atoms with Crippen LogP contribution < -0.4 is 5.73 Å². The van der Waals surface area contributed by atoms with Gasteiger partial charge in [-0.05, 0) is 17.8 Å². The first-order valence-corrected chi connectivity index (χ1v) is 5.55. The summed E-state index contributed by atoms with van der Waals surface area (Å²) in [5.74, 6) is 0.196. The molecule has 3 aromatic rings. The second-order valence-corrected chi connectivity index (χ2v) is 4.15. The van der Waals surface area contributed by atoms with Crippen LogP contribution in [-0.2, 0) is 0 Å². The Morgan fingerprint density at radius 2 is 2.18 bits per heavy atom. The monoisotopic (exact) mass is 245 g/mol. The zero-order valence-corrected chi connectivity index (χ0v) is 9.35. The van der Waals surface area contributed by atoms with Crippen molar-refractivity contribution in [1.82, 2.24) is 29.9 Å². The molecule has 3 aromatic heterocycles. The van der Waals surface area contributed by atoms with Gasteiger partial charge in [0.2, 0.25) is 5.95 Å². The number of H-pyrrole nitrogens is 1. The Bertz CT molecular complexity index is 651. The standard InChI is InChI=1S/C9H7N7S/c10-9-15-7-6(13-4-14-7)8(16-9)17-5-1-2-11-3-12-5/h1-4H,(H3,10,13,14,15,16). The maximum atomic E-state index is 5.62. The zero-order chi connectivity index (χ0) is 11.7. The van der Waals surface area contributed by atoms with E-state index >= 15 is 0 Å². The number of hydrogen-bond donors (Lipinski definition) is 2. The van der Waals surface area contributed by atoms with Crippen molar-refractivity contribution in [3.8, 4) is 0 Å². The van der Waals surface area contributed by atoms with Crippen LogP contribution in [0, 0.1) is 0 Å². The fourth-order valence-electron chi connectivity index (χ4n) is 1.33. The number of nitrogen functional groups attached to an aromatic ring is 1. The summed E-state index contributed by atoms with van der Waals surface area (Å²) in [4.78, 5) is 23.2. The van der Waals surface area contributed by atoms with Crippen molar-refractivity contribution in [1.29, 1.82) is 0 Å². The van der Waals surface area contributed by atoms with Gasteiger partial charge in [0.15, 0.2) is 5.65 Å². The summed E-state index contributed by atoms with van der Waals surface area (Å²) < 4.78 is 0. The maximum absolute atomic E-state index is 5.62. The SMILES string of the molecule is Nc1nc(Sc2ccncn2)c2[nH]cnc2n1. The normalized spacial score (nSPS) is 10.8. The fourth-order valence-corrected chi connectivity index (χ4v) is 2.15. The Morgan fingerprint density at radius 1 is 1.24 bits per heavy atom. The summed E-state index contributed by atoms with van der Waals surface area (Å²) in [5.41, 5.74) is 6.92. The van der Waals surface area contributed by atoms with Crippen LogP contribution in [0.1, 0.15) is 0 Å². The van der Waals surface area contributed by atoms with Gasteiger partial charge in [-0.3, -0.25) is 0 Å². The third-order valence-electron chi connectivity index (χ3n) is 2.03. The van der Waals surface area contributed by atoms with Gasteiger partial charge in [-0.1, -0.05) is 0 Å². The van der Waals surface area contributed by atoms with E-state index in [1.54, 1.807) is 18.6 Å². The summed E-state index contributed by atoms with van der Waals surface area (Å²) in [6, 6.07) is 1.80. The molecule has 7 nitrogen and oxygen atoms in total. The van der Waals surface area contributed by atoms with Gasteiger partial charge in [-0.15, -0.1) is 0 Å². The predicted octanol–water partition coefficient (Wildman–Crippen LogP) is 0.876. The molecule has 0 aliphatic rings. The van der Waals surface area contributed by atoms with E-state index in [9.17, 15) is 0 Å². The third-order valence-corrected chi connectivity index (χ3v) is 2.97. The highest BCUT2D eigenvalue weighted by molar-refractivity contribution is 7.99. The van der Waals surface area contributed by atoms with Crippen LogP contribution >= 0.6 is 11.8 Å². The molecular formula is C9H7N7S. The summed E-state index contributed by atoms with van der Waals surface area (Å²) in [7, 11) is 0. The number of nitrogens with one attached hydrogen (secondary N) is 1. The van der Waals surface area contributed by atoms with Crippen LogP contribution in [0.5, 0.6) is 0 Å². The molecule has 0 spiro atoms. The lowest BCUT2D eigenvalue weighted by Crippen LogP contribution is -1.97. The number of rotatable bonds is 2. The summed E-state index contributed by atoms with van der Waals surface area (Å²) in [6.07, 6.45) is 4.71. The fraction of sp³-hybridized carbons (Fsp3) is 0. The number of hydrogen-bond acceptors (Lipinski definition) is 7. The van der Waals surface area contributed by atoms with Gasteiger partial charge in [-0.25, -0.2) is 19.9 Å². The number of aromatic amines is 1. The van der Waals surface area contributed by atoms with Crippen molar-refractivity contribution in [2.45, 2.75) is 10.1 Å². The molecule has 0 saturated heterocycles. The lowest BCUT2D eigenvalue weighted by molar-refractivity contribution is 1.03. The van der Waals surface area contributed by atoms with Crippen LogP contribution in [0.3, 0.4) is 0 Å². The van der Waals surface area contributed by atoms with Gasteiger partial charge in [0.25, 0.3) is 0 Å². The first-order chi connectivity index (χ1) is 8.33. The van der Waals surface area contributed by atoms with Gasteiger partial charge in [0.1, 0.15) is 21.9 Å². The van der Waals surface area contributed by atoms with Gasteiger partial charge < -0.3 is 10.7 Å². The van der Waals surface area contributed by atoms with Gasteiger partial charge in [-0.2, -0.15) is 4.98 Å². The van der Waals surface area contributed by atoms with E-state index in [1.165, 1.54) is 18.1 Å². The Labute approximate surface area is 99.9 Å². The molecule has 84 valence electrons. The van der Waals surface area contributed by atoms with Crippen molar-refractivity contribution >= 4 is 28.9 Å². The Balaban J connectivity index is 2.08. The van der Waals surface area contributed by atoms with Crippen LogP contribution in [0.15, 0.2) is 35.0 Å². The minimum atomic E-state index is 0.196. The molecule has 0 aliphatic carbocycles. The highest BCUT2D eigenvalue weighted by Crippen LogP contribution is 2.28. The van der Waals surface area contributed by atoms with E-state index in [4.69, 9.17) is 5.73 Å². The average Bonchev–Trinajstić information content (AvgIpc) is 2.78. The second-order valence-electron chi connectivity index (χ2n) is 3.14. The summed E-state index contributed by atoms with van der Waals surface area (Å²) in [5, 5.41) is 1.48. The number of imidazole rings is 1. The van der Waals surface area contributed by atoms with Crippen molar-refractivity contribution in [3.05, 3.63) is 24.9 Å². The van der Waals surface area contributed by atoms with Crippen molar-refractivity contribution < 1.29 is 0 Å². The van der Waals surface area contributed by atoms with E-state index in [0.29, 0.717) is 10.7 Å². The Kier molecular flexibility index (Phi) is 2.33. The number of nitrogens with zero attached hydrogens (tertiary/aromatic N) is 5. The largest absolute Gasteiger partial charge is 0.368 e. The number of fused-ring (bicyclic) bond motifs is 1. The van der Waals surface area contributed by atoms with E-state index < -0.39 is 0 Å². The molecule has 0 unspecified atom stereocenters. The molecule has 3 heterocycles. The zero-order valence-electron chi connectivity index (χ0n) is 8.53. The Morgan fingerprint density at radius 3 is 3.00 bits per heavy atom. The van der Waals surface area contributed by atoms with E-state index in [2.05, 4.69) is 29.9 Å². The molecule has 0 radical (unpaired) electrons. The van der Waals surface area contributed by atoms with Gasteiger partial charge in [0.05, 0.1) is 6.33 Å². The van der Waals surface area contributed by atoms with Crippen LogP contribution in [0.2, 0.25) is 0 Å². The van der Waals surface area contributed by atoms with Crippen molar-refractivity contribution in [2.75, 3.05) is 5.73 Å². The molecule has 17 heavy (non-hydrogen) atoms. The van der Waals surface area contributed by atoms with Gasteiger partial charge >= 0.3 is 0 Å². The predicted molar refractivity (Wildman–Crippen MR) is 62.3 cm³/mol. The van der Waals surface area contributed by atoms with Crippen LogP contribution in [-0.4, -0.2) is 29.9 Å². The van der Waals surface area contributed by atoms with Crippen molar-refractivity contribution in [3.63, 3.8) is 0 Å². The molecule has 8 heteroatoms. The highest BCUT2D eigenvalue weighted by atomic mass is 32.2. The number of aromatic nitrogens is 6. The van der Waals surface area contributed by atoms with Gasteiger partial charge in [0, 0.05) is 6.20 Å². The van der Waals surface area contributed by atoms with E-state index in [-0.39, 0.29) is 5.95 Å². The first-order valence-electron chi connectivity index (χ1n) is 4.73. The summed E-state index contributed by atoms with van der Waals surface area (Å²) in [6.45, 7) is 0. The quantitative estimate of drug-likeness (QED) is 0.645. The lowest BCUT2D eigenvalue weighted by Gasteiger charge is -2.01. The Hall–Kier alpha value is -2.22. The van der Waals surface area contributed by atoms with Crippen LogP contribution in [0.25, 0.3) is 11.2 Å². The third kappa shape index (κ3) is 1.89. The summed E-state index contributed by atoms with van der Waals surface area (Å²) >= 11 is 1.38. The molecule has 0 atom stereocenters. The second kappa shape index (κ2) is 3.98. The minimum Gasteiger partial charge on any atom is -0.368 e. The molecule has 3 rings (SSSR count). The topological polar surface area (TPSA) is 106 Å². The molecule has 0 fully saturated rings. The minimum absolute atomic E-state index is 0.196. The molecule has 0 amide bonds. The molecular weight excluding hydrogens is 238 g/mol. The highest BCUT2D eigenvalue weighted by Gasteiger charge is 2.10. The van der Waals surface area contributed by atoms with E-state index in [1.807, 2.05) is 0 Å². The molecule has 0 saturated carbocycles. The molecule has 0 aromatic carbocycles. The van der Waals surface area contributed by atoms with Crippen LogP contribution in [0.4, 0.5) is 5.95 Å². The molecule has 3 N–H and O–H groups in total. The molecule has 0 aliphatic heterocycles. The average molecular weight is 245 g/mol. The number of nitrogens with two attached hydrogens (primary N) is 1. The smallest absolute Gasteiger partial charge is 0.223 e. The molecule has 0 bridgehead atoms. The van der Waals surface area contributed by atoms with Crippen molar-refractivity contribution in [2.24, 2.45) is 0 Å². The maximum Gasteiger partial charge on any atom is 0.223 e.